The van der Waals surface area contributed by atoms with Gasteiger partial charge in [-0.05, 0) is 24.3 Å². The zero-order chi connectivity index (χ0) is 22.5. The summed E-state index contributed by atoms with van der Waals surface area (Å²) in [5, 5.41) is 20.1. The van der Waals surface area contributed by atoms with Crippen molar-refractivity contribution in [1.82, 2.24) is 14.8 Å². The first-order valence-electron chi connectivity index (χ1n) is 9.55. The first kappa shape index (κ1) is 21.3. The fourth-order valence-electron chi connectivity index (χ4n) is 3.08. The number of aromatic nitrogens is 3. The van der Waals surface area contributed by atoms with Crippen LogP contribution in [-0.2, 0) is 6.54 Å². The predicted molar refractivity (Wildman–Crippen MR) is 118 cm³/mol. The minimum atomic E-state index is -0.523. The van der Waals surface area contributed by atoms with Crippen LogP contribution in [0.25, 0.3) is 11.4 Å². The van der Waals surface area contributed by atoms with Crippen molar-refractivity contribution >= 4 is 23.2 Å². The second-order valence-electron chi connectivity index (χ2n) is 6.72. The van der Waals surface area contributed by atoms with Crippen molar-refractivity contribution in [2.24, 2.45) is 0 Å². The highest BCUT2D eigenvalue weighted by Crippen LogP contribution is 2.28. The molecule has 9 nitrogen and oxygen atoms in total. The molecule has 0 aliphatic rings. The Morgan fingerprint density at radius 1 is 1.16 bits per heavy atom. The number of thioether (sulfide) groups is 1. The summed E-state index contributed by atoms with van der Waals surface area (Å²) in [5.41, 5.74) is 0.958. The largest absolute Gasteiger partial charge is 0.497 e. The van der Waals surface area contributed by atoms with Crippen LogP contribution in [0.2, 0.25) is 0 Å². The van der Waals surface area contributed by atoms with Gasteiger partial charge in [-0.1, -0.05) is 36.0 Å². The van der Waals surface area contributed by atoms with Gasteiger partial charge in [-0.25, -0.2) is 0 Å². The van der Waals surface area contributed by atoms with Gasteiger partial charge in [-0.3, -0.25) is 19.5 Å². The van der Waals surface area contributed by atoms with E-state index in [1.54, 1.807) is 25.5 Å². The van der Waals surface area contributed by atoms with Crippen molar-refractivity contribution in [3.05, 3.63) is 88.4 Å². The number of benzene rings is 2. The van der Waals surface area contributed by atoms with Crippen molar-refractivity contribution in [3.8, 4) is 17.1 Å². The summed E-state index contributed by atoms with van der Waals surface area (Å²) in [4.78, 5) is 23.1. The Morgan fingerprint density at radius 2 is 2.00 bits per heavy atom. The third kappa shape index (κ3) is 4.70. The molecule has 0 saturated heterocycles. The number of ketones is 1. The number of nitro groups is 1. The molecule has 0 radical (unpaired) electrons. The second kappa shape index (κ2) is 9.48. The maximum absolute atomic E-state index is 12.6. The molecule has 10 heteroatoms. The highest BCUT2D eigenvalue weighted by molar-refractivity contribution is 7.99. The van der Waals surface area contributed by atoms with Gasteiger partial charge in [0.05, 0.1) is 30.6 Å². The zero-order valence-corrected chi connectivity index (χ0v) is 17.8. The van der Waals surface area contributed by atoms with E-state index < -0.39 is 4.92 Å². The third-order valence-electron chi connectivity index (χ3n) is 4.65. The molecule has 32 heavy (non-hydrogen) atoms. The monoisotopic (exact) mass is 450 g/mol. The first-order valence-corrected chi connectivity index (χ1v) is 10.5. The molecule has 0 fully saturated rings. The summed E-state index contributed by atoms with van der Waals surface area (Å²) in [6.45, 7) is 0.375. The van der Waals surface area contributed by atoms with Crippen molar-refractivity contribution in [2.45, 2.75) is 11.7 Å². The highest BCUT2D eigenvalue weighted by atomic mass is 32.2. The van der Waals surface area contributed by atoms with Gasteiger partial charge in [0, 0.05) is 23.3 Å². The van der Waals surface area contributed by atoms with Crippen LogP contribution in [0.15, 0.2) is 76.5 Å². The first-order chi connectivity index (χ1) is 15.5. The van der Waals surface area contributed by atoms with Gasteiger partial charge in [0.2, 0.25) is 0 Å². The molecule has 0 amide bonds. The lowest BCUT2D eigenvalue weighted by Gasteiger charge is -2.09. The van der Waals surface area contributed by atoms with Gasteiger partial charge >= 0.3 is 0 Å². The Bertz CT molecular complexity index is 1250. The van der Waals surface area contributed by atoms with E-state index in [1.807, 2.05) is 34.9 Å². The van der Waals surface area contributed by atoms with E-state index in [0.717, 1.165) is 5.56 Å². The lowest BCUT2D eigenvalue weighted by Crippen LogP contribution is -2.07. The van der Waals surface area contributed by atoms with E-state index in [4.69, 9.17) is 9.15 Å². The molecule has 0 aliphatic heterocycles. The van der Waals surface area contributed by atoms with Gasteiger partial charge in [0.15, 0.2) is 16.8 Å². The summed E-state index contributed by atoms with van der Waals surface area (Å²) in [7, 11) is 1.59. The molecule has 4 aromatic rings. The van der Waals surface area contributed by atoms with E-state index >= 15 is 0 Å². The maximum Gasteiger partial charge on any atom is 0.270 e. The van der Waals surface area contributed by atoms with Crippen LogP contribution in [0.4, 0.5) is 5.69 Å². The van der Waals surface area contributed by atoms with Gasteiger partial charge in [0.1, 0.15) is 11.5 Å². The van der Waals surface area contributed by atoms with Gasteiger partial charge in [-0.2, -0.15) is 0 Å². The van der Waals surface area contributed by atoms with Crippen LogP contribution >= 0.6 is 11.8 Å². The van der Waals surface area contributed by atoms with Crippen LogP contribution in [0.3, 0.4) is 0 Å². The van der Waals surface area contributed by atoms with Crippen LogP contribution < -0.4 is 4.74 Å². The SMILES string of the molecule is COc1cccc(-c2nnc(SCC(=O)c3cccc([N+](=O)[O-])c3)n2Cc2ccco2)c1. The minimum absolute atomic E-state index is 0.0512. The number of ether oxygens (including phenoxy) is 1. The van der Waals surface area contributed by atoms with Crippen molar-refractivity contribution in [1.29, 1.82) is 0 Å². The zero-order valence-electron chi connectivity index (χ0n) is 17.0. The summed E-state index contributed by atoms with van der Waals surface area (Å²) in [5.74, 6) is 1.81. The van der Waals surface area contributed by atoms with Gasteiger partial charge in [-0.15, -0.1) is 10.2 Å². The fourth-order valence-corrected chi connectivity index (χ4v) is 3.91. The van der Waals surface area contributed by atoms with E-state index in [9.17, 15) is 14.9 Å². The molecule has 0 atom stereocenters. The molecule has 0 bridgehead atoms. The second-order valence-corrected chi connectivity index (χ2v) is 7.67. The van der Waals surface area contributed by atoms with Crippen LogP contribution in [0.5, 0.6) is 5.75 Å². The Morgan fingerprint density at radius 3 is 2.75 bits per heavy atom. The Hall–Kier alpha value is -3.92. The highest BCUT2D eigenvalue weighted by Gasteiger charge is 2.19. The normalized spacial score (nSPS) is 10.8. The molecule has 0 spiro atoms. The number of furan rings is 1. The molecule has 0 aliphatic carbocycles. The van der Waals surface area contributed by atoms with E-state index in [1.165, 1.54) is 30.0 Å². The molecule has 0 unspecified atom stereocenters. The van der Waals surface area contributed by atoms with Crippen molar-refractivity contribution < 1.29 is 18.9 Å². The quantitative estimate of drug-likeness (QED) is 0.159. The number of hydrogen-bond donors (Lipinski definition) is 0. The van der Waals surface area contributed by atoms with Crippen molar-refractivity contribution in [3.63, 3.8) is 0 Å². The molecular weight excluding hydrogens is 432 g/mol. The Labute approximate surface area is 187 Å². The van der Waals surface area contributed by atoms with E-state index in [0.29, 0.717) is 29.0 Å². The predicted octanol–water partition coefficient (Wildman–Crippen LogP) is 4.48. The molecular formula is C22H18N4O5S. The number of hydrogen-bond acceptors (Lipinski definition) is 8. The van der Waals surface area contributed by atoms with Crippen LogP contribution in [0, 0.1) is 10.1 Å². The van der Waals surface area contributed by atoms with Crippen LogP contribution in [-0.4, -0.2) is 38.3 Å². The number of nitro benzene ring substituents is 1. The topological polar surface area (TPSA) is 113 Å². The lowest BCUT2D eigenvalue weighted by atomic mass is 10.1. The number of non-ortho nitro benzene ring substituents is 1. The molecule has 4 rings (SSSR count). The van der Waals surface area contributed by atoms with E-state index in [-0.39, 0.29) is 22.8 Å². The number of nitrogens with zero attached hydrogens (tertiary/aromatic N) is 4. The van der Waals surface area contributed by atoms with Gasteiger partial charge < -0.3 is 9.15 Å². The maximum atomic E-state index is 12.6. The molecule has 2 aromatic carbocycles. The summed E-state index contributed by atoms with van der Waals surface area (Å²) >= 11 is 1.21. The number of carbonyl (C=O) groups excluding carboxylic acids is 1. The number of methoxy groups -OCH3 is 1. The molecule has 2 heterocycles. The molecule has 162 valence electrons. The average Bonchev–Trinajstić information content (AvgIpc) is 3.48. The fraction of sp³-hybridized carbons (Fsp3) is 0.136. The summed E-state index contributed by atoms with van der Waals surface area (Å²) < 4.78 is 12.7. The third-order valence-corrected chi connectivity index (χ3v) is 5.62. The lowest BCUT2D eigenvalue weighted by molar-refractivity contribution is -0.384. The van der Waals surface area contributed by atoms with Crippen LogP contribution in [0.1, 0.15) is 16.1 Å². The average molecular weight is 450 g/mol. The van der Waals surface area contributed by atoms with Gasteiger partial charge in [0.25, 0.3) is 5.69 Å². The van der Waals surface area contributed by atoms with E-state index in [2.05, 4.69) is 10.2 Å². The summed E-state index contributed by atoms with van der Waals surface area (Å²) in [6.07, 6.45) is 1.59. The Kier molecular flexibility index (Phi) is 6.31. The molecule has 0 saturated carbocycles. The smallest absolute Gasteiger partial charge is 0.270 e. The Balaban J connectivity index is 1.60. The summed E-state index contributed by atoms with van der Waals surface area (Å²) in [6, 6.07) is 16.8. The molecule has 0 N–H and O–H groups in total. The molecule has 2 aromatic heterocycles. The number of rotatable bonds is 9. The number of Topliss-reactive ketones (excluding diaryl/α,β-unsaturated/α-hetero) is 1. The standard InChI is InChI=1S/C22H18N4O5S/c1-30-18-8-3-6-16(12-18)21-23-24-22(25(21)13-19-9-4-10-31-19)32-14-20(27)15-5-2-7-17(11-15)26(28)29/h2-12H,13-14H2,1H3. The number of carbonyl (C=O) groups is 1. The van der Waals surface area contributed by atoms with Crippen molar-refractivity contribution in [2.75, 3.05) is 12.9 Å². The minimum Gasteiger partial charge on any atom is -0.497 e.